The minimum absolute atomic E-state index is 0.00227. The van der Waals surface area contributed by atoms with Crippen molar-refractivity contribution >= 4 is 5.82 Å². The number of anilines is 1. The van der Waals surface area contributed by atoms with Gasteiger partial charge in [0.2, 0.25) is 0 Å². The lowest BCUT2D eigenvalue weighted by molar-refractivity contribution is -0.142. The normalized spacial score (nSPS) is 11.7. The molecule has 0 spiro atoms. The Kier molecular flexibility index (Phi) is 4.15. The molecule has 8 heteroatoms. The first-order chi connectivity index (χ1) is 9.79. The maximum absolute atomic E-state index is 12.8. The molecule has 2 rings (SSSR count). The van der Waals surface area contributed by atoms with Gasteiger partial charge in [-0.1, -0.05) is 6.92 Å². The van der Waals surface area contributed by atoms with Crippen LogP contribution in [0.15, 0.2) is 12.3 Å². The zero-order valence-electron chi connectivity index (χ0n) is 12.0. The quantitative estimate of drug-likeness (QED) is 0.943. The maximum atomic E-state index is 12.8. The molecule has 0 aliphatic rings. The van der Waals surface area contributed by atoms with Crippen LogP contribution in [0.5, 0.6) is 0 Å². The van der Waals surface area contributed by atoms with Crippen LogP contribution < -0.4 is 5.32 Å². The van der Waals surface area contributed by atoms with E-state index >= 15 is 0 Å². The van der Waals surface area contributed by atoms with Crippen LogP contribution in [0, 0.1) is 6.92 Å². The molecule has 0 aromatic carbocycles. The molecule has 0 aliphatic carbocycles. The molecule has 0 amide bonds. The molecular formula is C13H16F3N5. The summed E-state index contributed by atoms with van der Waals surface area (Å²) in [5.74, 6) is 1.09. The lowest BCUT2D eigenvalue weighted by Crippen LogP contribution is -2.12. The molecule has 0 aliphatic heterocycles. The van der Waals surface area contributed by atoms with E-state index in [1.165, 1.54) is 13.2 Å². The van der Waals surface area contributed by atoms with Gasteiger partial charge in [-0.25, -0.2) is 9.97 Å². The van der Waals surface area contributed by atoms with Crippen molar-refractivity contribution in [1.29, 1.82) is 0 Å². The molecule has 5 nitrogen and oxygen atoms in total. The van der Waals surface area contributed by atoms with Gasteiger partial charge in [-0.05, 0) is 13.3 Å². The minimum atomic E-state index is -4.46. The molecule has 0 atom stereocenters. The number of nitrogens with one attached hydrogen (secondary N) is 1. The van der Waals surface area contributed by atoms with Crippen molar-refractivity contribution in [2.24, 2.45) is 7.05 Å². The molecule has 0 bridgehead atoms. The van der Waals surface area contributed by atoms with Crippen LogP contribution >= 0.6 is 0 Å². The van der Waals surface area contributed by atoms with E-state index in [1.54, 1.807) is 13.0 Å². The number of hydrogen-bond donors (Lipinski definition) is 1. The molecule has 2 aromatic rings. The van der Waals surface area contributed by atoms with Gasteiger partial charge in [-0.2, -0.15) is 18.3 Å². The Bertz CT molecular complexity index is 633. The van der Waals surface area contributed by atoms with Gasteiger partial charge < -0.3 is 5.32 Å². The predicted molar refractivity (Wildman–Crippen MR) is 71.7 cm³/mol. The molecule has 1 N–H and O–H groups in total. The summed E-state index contributed by atoms with van der Waals surface area (Å²) in [7, 11) is 1.46. The molecule has 0 unspecified atom stereocenters. The van der Waals surface area contributed by atoms with Crippen molar-refractivity contribution in [3.8, 4) is 0 Å². The number of aromatic nitrogens is 4. The van der Waals surface area contributed by atoms with Gasteiger partial charge >= 0.3 is 6.18 Å². The summed E-state index contributed by atoms with van der Waals surface area (Å²) in [5.41, 5.74) is 0.0468. The number of rotatable bonds is 4. The van der Waals surface area contributed by atoms with Crippen molar-refractivity contribution in [3.05, 3.63) is 35.0 Å². The fourth-order valence-electron chi connectivity index (χ4n) is 1.99. The Morgan fingerprint density at radius 1 is 1.29 bits per heavy atom. The molecule has 21 heavy (non-hydrogen) atoms. The molecule has 0 saturated heterocycles. The third-order valence-corrected chi connectivity index (χ3v) is 2.89. The van der Waals surface area contributed by atoms with Gasteiger partial charge in [0.15, 0.2) is 5.69 Å². The van der Waals surface area contributed by atoms with Crippen molar-refractivity contribution in [3.63, 3.8) is 0 Å². The number of nitrogens with zero attached hydrogens (tertiary/aromatic N) is 4. The summed E-state index contributed by atoms with van der Waals surface area (Å²) in [6.07, 6.45) is -2.38. The smallest absolute Gasteiger partial charge is 0.366 e. The van der Waals surface area contributed by atoms with Gasteiger partial charge in [0.1, 0.15) is 11.6 Å². The Hall–Kier alpha value is -2.12. The largest absolute Gasteiger partial charge is 0.435 e. The fraction of sp³-hybridized carbons (Fsp3) is 0.462. The van der Waals surface area contributed by atoms with Gasteiger partial charge in [0.05, 0.1) is 0 Å². The Morgan fingerprint density at radius 2 is 2.00 bits per heavy atom. The van der Waals surface area contributed by atoms with E-state index < -0.39 is 11.9 Å². The second-order valence-electron chi connectivity index (χ2n) is 4.67. The van der Waals surface area contributed by atoms with Gasteiger partial charge in [-0.15, -0.1) is 0 Å². The second kappa shape index (κ2) is 5.71. The monoisotopic (exact) mass is 299 g/mol. The first kappa shape index (κ1) is 15.3. The highest BCUT2D eigenvalue weighted by Crippen LogP contribution is 2.30. The van der Waals surface area contributed by atoms with Crippen molar-refractivity contribution < 1.29 is 13.2 Å². The Labute approximate surface area is 120 Å². The first-order valence-corrected chi connectivity index (χ1v) is 6.47. The number of hydrogen-bond acceptors (Lipinski definition) is 4. The third kappa shape index (κ3) is 3.71. The summed E-state index contributed by atoms with van der Waals surface area (Å²) in [6, 6.07) is 1.73. The average molecular weight is 299 g/mol. The molecule has 0 fully saturated rings. The van der Waals surface area contributed by atoms with Gasteiger partial charge in [0, 0.05) is 37.1 Å². The highest BCUT2D eigenvalue weighted by atomic mass is 19.4. The van der Waals surface area contributed by atoms with E-state index in [2.05, 4.69) is 20.4 Å². The second-order valence-corrected chi connectivity index (χ2v) is 4.67. The van der Waals surface area contributed by atoms with E-state index in [0.29, 0.717) is 11.6 Å². The SMILES string of the molecule is CCc1cc(NCc2cn(C)nc2C(F)(F)F)nc(C)n1. The van der Waals surface area contributed by atoms with Crippen LogP contribution in [0.2, 0.25) is 0 Å². The minimum Gasteiger partial charge on any atom is -0.366 e. The standard InChI is InChI=1S/C13H16F3N5/c1-4-10-5-11(19-8(2)18-10)17-6-9-7-21(3)20-12(9)13(14,15)16/h5,7H,4,6H2,1-3H3,(H,17,18,19). The van der Waals surface area contributed by atoms with Gasteiger partial charge in [0.25, 0.3) is 0 Å². The third-order valence-electron chi connectivity index (χ3n) is 2.89. The number of aryl methyl sites for hydroxylation is 3. The van der Waals surface area contributed by atoms with Crippen molar-refractivity contribution in [1.82, 2.24) is 19.7 Å². The summed E-state index contributed by atoms with van der Waals surface area (Å²) >= 11 is 0. The van der Waals surface area contributed by atoms with E-state index in [0.717, 1.165) is 16.8 Å². The van der Waals surface area contributed by atoms with E-state index in [4.69, 9.17) is 0 Å². The molecule has 0 radical (unpaired) electrons. The Morgan fingerprint density at radius 3 is 2.62 bits per heavy atom. The zero-order chi connectivity index (χ0) is 15.6. The zero-order valence-corrected chi connectivity index (χ0v) is 12.0. The number of halogens is 3. The van der Waals surface area contributed by atoms with Crippen LogP contribution in [0.1, 0.15) is 29.7 Å². The lowest BCUT2D eigenvalue weighted by Gasteiger charge is -2.09. The highest BCUT2D eigenvalue weighted by molar-refractivity contribution is 5.37. The topological polar surface area (TPSA) is 55.6 Å². The lowest BCUT2D eigenvalue weighted by atomic mass is 10.2. The summed E-state index contributed by atoms with van der Waals surface area (Å²) < 4.78 is 39.7. The Balaban J connectivity index is 2.19. The predicted octanol–water partition coefficient (Wildman–Crippen LogP) is 2.71. The van der Waals surface area contributed by atoms with Gasteiger partial charge in [-0.3, -0.25) is 4.68 Å². The molecule has 2 aromatic heterocycles. The fourth-order valence-corrected chi connectivity index (χ4v) is 1.99. The van der Waals surface area contributed by atoms with Crippen LogP contribution in [0.25, 0.3) is 0 Å². The van der Waals surface area contributed by atoms with Crippen LogP contribution in [0.4, 0.5) is 19.0 Å². The van der Waals surface area contributed by atoms with Crippen molar-refractivity contribution in [2.75, 3.05) is 5.32 Å². The van der Waals surface area contributed by atoms with Crippen LogP contribution in [0.3, 0.4) is 0 Å². The molecule has 114 valence electrons. The van der Waals surface area contributed by atoms with E-state index in [1.807, 2.05) is 6.92 Å². The maximum Gasteiger partial charge on any atom is 0.435 e. The number of alkyl halides is 3. The van der Waals surface area contributed by atoms with E-state index in [9.17, 15) is 13.2 Å². The average Bonchev–Trinajstić information content (AvgIpc) is 2.77. The summed E-state index contributed by atoms with van der Waals surface area (Å²) in [4.78, 5) is 8.39. The molecular weight excluding hydrogens is 283 g/mol. The summed E-state index contributed by atoms with van der Waals surface area (Å²) in [6.45, 7) is 3.70. The van der Waals surface area contributed by atoms with Crippen LogP contribution in [-0.4, -0.2) is 19.7 Å². The van der Waals surface area contributed by atoms with Crippen LogP contribution in [-0.2, 0) is 26.2 Å². The molecule has 0 saturated carbocycles. The first-order valence-electron chi connectivity index (χ1n) is 6.47. The van der Waals surface area contributed by atoms with Crippen molar-refractivity contribution in [2.45, 2.75) is 33.0 Å². The van der Waals surface area contributed by atoms with E-state index in [-0.39, 0.29) is 12.1 Å². The summed E-state index contributed by atoms with van der Waals surface area (Å²) in [5, 5.41) is 6.36. The highest BCUT2D eigenvalue weighted by Gasteiger charge is 2.36. The molecule has 2 heterocycles.